The molecule has 0 saturated carbocycles. The first-order valence-corrected chi connectivity index (χ1v) is 20.8. The average molecular weight is 858 g/mol. The number of hydrogen-bond acceptors (Lipinski definition) is 12. The number of thiol groups is 1. The van der Waals surface area contributed by atoms with Gasteiger partial charge >= 0.3 is 0 Å². The van der Waals surface area contributed by atoms with Gasteiger partial charge in [-0.3, -0.25) is 14.4 Å². The molecule has 0 radical (unpaired) electrons. The average Bonchev–Trinajstić information content (AvgIpc) is 3.78. The van der Waals surface area contributed by atoms with E-state index in [0.29, 0.717) is 75.2 Å². The topological polar surface area (TPSA) is 171 Å². The summed E-state index contributed by atoms with van der Waals surface area (Å²) >= 11 is 4.54. The molecule has 62 heavy (non-hydrogen) atoms. The van der Waals surface area contributed by atoms with Crippen LogP contribution in [0.5, 0.6) is 23.0 Å². The van der Waals surface area contributed by atoms with Crippen molar-refractivity contribution in [2.75, 3.05) is 40.0 Å². The second kappa shape index (κ2) is 16.1. The van der Waals surface area contributed by atoms with E-state index in [2.05, 4.69) is 28.6 Å². The van der Waals surface area contributed by atoms with Crippen molar-refractivity contribution in [2.45, 2.75) is 75.6 Å². The summed E-state index contributed by atoms with van der Waals surface area (Å²) in [6.07, 6.45) is -0.934. The van der Waals surface area contributed by atoms with Crippen LogP contribution in [0.4, 0.5) is 28.4 Å². The number of nitrogens with zero attached hydrogens (tertiary/aromatic N) is 2. The Morgan fingerprint density at radius 3 is 1.60 bits per heavy atom. The molecule has 14 nitrogen and oxygen atoms in total. The monoisotopic (exact) mass is 857 g/mol. The maximum atomic E-state index is 14.0. The molecule has 9 rings (SSSR count). The van der Waals surface area contributed by atoms with Crippen molar-refractivity contribution in [1.29, 1.82) is 0 Å². The fourth-order valence-electron chi connectivity index (χ4n) is 8.80. The second-order valence-corrected chi connectivity index (χ2v) is 17.8. The summed E-state index contributed by atoms with van der Waals surface area (Å²) < 4.78 is 23.6. The van der Waals surface area contributed by atoms with Crippen LogP contribution >= 0.6 is 12.6 Å². The number of rotatable bonds is 11. The number of ether oxygens (including phenoxy) is 4. The van der Waals surface area contributed by atoms with Crippen molar-refractivity contribution in [2.24, 2.45) is 0 Å². The third-order valence-corrected chi connectivity index (χ3v) is 11.7. The lowest BCUT2D eigenvalue weighted by Crippen LogP contribution is -2.45. The van der Waals surface area contributed by atoms with Crippen molar-refractivity contribution in [3.05, 3.63) is 124 Å². The number of fused-ring (bicyclic) bond motifs is 8. The lowest BCUT2D eigenvalue weighted by molar-refractivity contribution is -0.116. The zero-order chi connectivity index (χ0) is 43.4. The molecule has 0 aliphatic carbocycles. The van der Waals surface area contributed by atoms with E-state index in [1.165, 1.54) is 14.2 Å². The van der Waals surface area contributed by atoms with Gasteiger partial charge in [-0.2, -0.15) is 12.6 Å². The second-order valence-electron chi connectivity index (χ2n) is 16.6. The van der Waals surface area contributed by atoms with Gasteiger partial charge in [0.25, 0.3) is 11.8 Å². The maximum absolute atomic E-state index is 14.0. The van der Waals surface area contributed by atoms with Gasteiger partial charge in [-0.25, -0.2) is 0 Å². The fraction of sp³-hybridized carbons (Fsp3) is 0.298. The third-order valence-electron chi connectivity index (χ3n) is 11.6. The molecule has 2 unspecified atom stereocenters. The smallest absolute Gasteiger partial charge is 0.260 e. The van der Waals surface area contributed by atoms with E-state index in [0.717, 1.165) is 22.5 Å². The zero-order valence-electron chi connectivity index (χ0n) is 34.6. The minimum Gasteiger partial charge on any atom is -0.493 e. The third kappa shape index (κ3) is 7.71. The Balaban J connectivity index is 0.983. The molecule has 5 aromatic carbocycles. The Hall–Kier alpha value is -6.42. The van der Waals surface area contributed by atoms with Crippen LogP contribution in [0.15, 0.2) is 91.0 Å². The highest BCUT2D eigenvalue weighted by Crippen LogP contribution is 2.44. The van der Waals surface area contributed by atoms with Crippen LogP contribution in [0.2, 0.25) is 0 Å². The van der Waals surface area contributed by atoms with E-state index in [4.69, 9.17) is 18.9 Å². The molecule has 320 valence electrons. The van der Waals surface area contributed by atoms with Crippen LogP contribution < -0.4 is 44.7 Å². The highest BCUT2D eigenvalue weighted by molar-refractivity contribution is 7.81. The summed E-state index contributed by atoms with van der Waals surface area (Å²) in [6.45, 7) is 3.76. The highest BCUT2D eigenvalue weighted by Gasteiger charge is 2.43. The summed E-state index contributed by atoms with van der Waals surface area (Å²) in [5, 5.41) is 31.8. The van der Waals surface area contributed by atoms with Crippen LogP contribution in [0, 0.1) is 0 Å². The first kappa shape index (κ1) is 41.0. The summed E-state index contributed by atoms with van der Waals surface area (Å²) in [5.74, 6) is 0.529. The van der Waals surface area contributed by atoms with E-state index in [-0.39, 0.29) is 37.4 Å². The maximum Gasteiger partial charge on any atom is 0.260 e. The molecule has 4 heterocycles. The summed E-state index contributed by atoms with van der Waals surface area (Å²) in [6, 6.07) is 26.3. The molecule has 15 heteroatoms. The van der Waals surface area contributed by atoms with Crippen molar-refractivity contribution < 1.29 is 43.5 Å². The number of aliphatic hydroxyl groups is 2. The van der Waals surface area contributed by atoms with Crippen LogP contribution in [0.1, 0.15) is 63.2 Å². The Morgan fingerprint density at radius 2 is 1.16 bits per heavy atom. The van der Waals surface area contributed by atoms with Crippen LogP contribution in [-0.2, 0) is 30.8 Å². The molecule has 0 fully saturated rings. The molecule has 0 bridgehead atoms. The molecule has 0 aromatic heterocycles. The number of nitrogens with one attached hydrogen (secondary N) is 3. The molecule has 4 atom stereocenters. The van der Waals surface area contributed by atoms with Gasteiger partial charge in [-0.15, -0.1) is 0 Å². The molecular weight excluding hydrogens is 811 g/mol. The predicted molar refractivity (Wildman–Crippen MR) is 238 cm³/mol. The van der Waals surface area contributed by atoms with Crippen molar-refractivity contribution in [1.82, 2.24) is 0 Å². The number of para-hydroxylation sites is 2. The minimum absolute atomic E-state index is 0.0232. The lowest BCUT2D eigenvalue weighted by atomic mass is 10.1. The van der Waals surface area contributed by atoms with Gasteiger partial charge < -0.3 is 54.9 Å². The number of anilines is 5. The number of carbonyl (C=O) groups is 3. The van der Waals surface area contributed by atoms with E-state index in [1.54, 1.807) is 46.2 Å². The Labute approximate surface area is 364 Å². The molecule has 0 saturated heterocycles. The molecule has 5 N–H and O–H groups in total. The van der Waals surface area contributed by atoms with Gasteiger partial charge in [0.1, 0.15) is 25.7 Å². The molecule has 3 amide bonds. The Kier molecular flexibility index (Phi) is 10.7. The molecule has 4 aliphatic rings. The van der Waals surface area contributed by atoms with Gasteiger partial charge in [0.15, 0.2) is 23.0 Å². The Morgan fingerprint density at radius 1 is 0.710 bits per heavy atom. The number of carbonyl (C=O) groups excluding carboxylic acids is 3. The minimum atomic E-state index is -1.05. The first-order valence-electron chi connectivity index (χ1n) is 20.4. The number of methoxy groups -OCH3 is 2. The summed E-state index contributed by atoms with van der Waals surface area (Å²) in [5.41, 5.74) is 6.81. The number of hydrogen-bond donors (Lipinski definition) is 6. The first-order chi connectivity index (χ1) is 29.8. The SMILES string of the molecule is COc1cc2c(cc1OCc1cc(COc3cc4c(cc3OC)C(=O)N3c5ccccc5C[C@H]3C(O)N4)cc(NC(=O)CC(C)(C)S)c1)NC(O)[C@@H]1Cc3ccccc3N1C2=O. The van der Waals surface area contributed by atoms with Crippen molar-refractivity contribution in [3.63, 3.8) is 0 Å². The van der Waals surface area contributed by atoms with Crippen molar-refractivity contribution >= 4 is 58.8 Å². The lowest BCUT2D eigenvalue weighted by Gasteiger charge is -2.26. The summed E-state index contributed by atoms with van der Waals surface area (Å²) in [7, 11) is 2.98. The number of aliphatic hydroxyl groups excluding tert-OH is 2. The van der Waals surface area contributed by atoms with Gasteiger partial charge in [-0.1, -0.05) is 50.2 Å². The number of amides is 3. The molecule has 5 aromatic rings. The molecule has 4 aliphatic heterocycles. The van der Waals surface area contributed by atoms with Crippen molar-refractivity contribution in [3.8, 4) is 23.0 Å². The van der Waals surface area contributed by atoms with Gasteiger partial charge in [0.2, 0.25) is 5.91 Å². The number of benzene rings is 5. The van der Waals surface area contributed by atoms with E-state index < -0.39 is 29.3 Å². The molecule has 0 spiro atoms. The zero-order valence-corrected chi connectivity index (χ0v) is 35.5. The quantitative estimate of drug-likeness (QED) is 0.0799. The van der Waals surface area contributed by atoms with Crippen LogP contribution in [-0.4, -0.2) is 71.4 Å². The van der Waals surface area contributed by atoms with E-state index in [9.17, 15) is 24.6 Å². The van der Waals surface area contributed by atoms with Gasteiger partial charge in [-0.05, 0) is 77.6 Å². The van der Waals surface area contributed by atoms with Crippen LogP contribution in [0.25, 0.3) is 0 Å². The largest absolute Gasteiger partial charge is 0.493 e. The van der Waals surface area contributed by atoms with E-state index in [1.807, 2.05) is 68.4 Å². The standard InChI is InChI=1S/C47H47N5O9S/c1-47(2,62)22-42(53)48-29-14-25(23-60-40-20-32-30(18-38(40)58-3)45(56)51-34-11-7-5-9-27(34)16-36(51)43(54)49-32)13-26(15-29)24-61-41-21-33-31(19-39(41)59-4)46(57)52-35-12-8-6-10-28(35)17-37(52)44(55)50-33/h5-15,18-21,36-37,43-44,49-50,54-55,62H,16-17,22-24H2,1-4H3,(H,48,53)/t36-,37-,43?,44?/m0/s1. The normalized spacial score (nSPS) is 19.6. The summed E-state index contributed by atoms with van der Waals surface area (Å²) in [4.78, 5) is 44.4. The predicted octanol–water partition coefficient (Wildman–Crippen LogP) is 6.53. The van der Waals surface area contributed by atoms with Crippen LogP contribution in [0.3, 0.4) is 0 Å². The highest BCUT2D eigenvalue weighted by atomic mass is 32.1. The molecular formula is C47H47N5O9S. The van der Waals surface area contributed by atoms with E-state index >= 15 is 0 Å². The Bertz CT molecular complexity index is 2450. The van der Waals surface area contributed by atoms with Gasteiger partial charge in [0, 0.05) is 40.4 Å². The van der Waals surface area contributed by atoms with Gasteiger partial charge in [0.05, 0.1) is 48.8 Å². The fourth-order valence-corrected chi connectivity index (χ4v) is 8.95.